The minimum atomic E-state index is -0.0171. The van der Waals surface area contributed by atoms with Gasteiger partial charge >= 0.3 is 0 Å². The second-order valence-electron chi connectivity index (χ2n) is 6.51. The zero-order valence-corrected chi connectivity index (χ0v) is 14.2. The first-order valence-corrected chi connectivity index (χ1v) is 8.82. The number of rotatable bonds is 6. The molecule has 0 bridgehead atoms. The van der Waals surface area contributed by atoms with Crippen LogP contribution in [0.15, 0.2) is 36.5 Å². The Bertz CT molecular complexity index is 680. The van der Waals surface area contributed by atoms with Crippen molar-refractivity contribution in [2.45, 2.75) is 45.2 Å². The quantitative estimate of drug-likeness (QED) is 0.856. The molecule has 5 nitrogen and oxygen atoms in total. The Morgan fingerprint density at radius 3 is 2.83 bits per heavy atom. The molecule has 2 aromatic rings. The van der Waals surface area contributed by atoms with Crippen molar-refractivity contribution in [1.82, 2.24) is 15.1 Å². The highest BCUT2D eigenvalue weighted by Gasteiger charge is 2.28. The normalized spacial score (nSPS) is 20.2. The fourth-order valence-corrected chi connectivity index (χ4v) is 3.62. The summed E-state index contributed by atoms with van der Waals surface area (Å²) in [5, 5.41) is 7.62. The number of amides is 1. The molecular weight excluding hydrogens is 300 g/mol. The maximum Gasteiger partial charge on any atom is 0.254 e. The first-order chi connectivity index (χ1) is 11.7. The Morgan fingerprint density at radius 1 is 1.33 bits per heavy atom. The van der Waals surface area contributed by atoms with Crippen molar-refractivity contribution in [3.8, 4) is 0 Å². The van der Waals surface area contributed by atoms with Gasteiger partial charge in [-0.2, -0.15) is 5.10 Å². The average molecular weight is 326 g/mol. The first-order valence-electron chi connectivity index (χ1n) is 8.82. The lowest BCUT2D eigenvalue weighted by atomic mass is 10.0. The summed E-state index contributed by atoms with van der Waals surface area (Å²) in [6.07, 6.45) is 5.74. The van der Waals surface area contributed by atoms with E-state index in [1.165, 1.54) is 5.56 Å². The van der Waals surface area contributed by atoms with Crippen molar-refractivity contribution in [1.29, 1.82) is 0 Å². The van der Waals surface area contributed by atoms with Crippen molar-refractivity contribution in [2.75, 3.05) is 6.54 Å². The number of carbonyl (C=O) groups excluding carboxylic acids is 1. The molecule has 1 amide bonds. The van der Waals surface area contributed by atoms with Crippen LogP contribution in [0.1, 0.15) is 47.8 Å². The summed E-state index contributed by atoms with van der Waals surface area (Å²) >= 11 is 0. The van der Waals surface area contributed by atoms with Gasteiger partial charge in [-0.1, -0.05) is 43.7 Å². The standard InChI is InChI=1S/C19H26N4O/c1-2-18-16(19(24)22-17-10-6-9-15(17)11-20)12-21-23(18)13-14-7-4-3-5-8-14/h3-5,7-8,12,15,17H,2,6,9-11,13,20H2,1H3,(H,22,24). The van der Waals surface area contributed by atoms with E-state index in [1.54, 1.807) is 6.20 Å². The van der Waals surface area contributed by atoms with Gasteiger partial charge in [0.1, 0.15) is 0 Å². The molecule has 2 atom stereocenters. The van der Waals surface area contributed by atoms with Gasteiger partial charge in [0.15, 0.2) is 0 Å². The molecule has 128 valence electrons. The van der Waals surface area contributed by atoms with E-state index >= 15 is 0 Å². The van der Waals surface area contributed by atoms with E-state index in [0.717, 1.165) is 31.4 Å². The number of benzene rings is 1. The van der Waals surface area contributed by atoms with Gasteiger partial charge in [0, 0.05) is 6.04 Å². The molecule has 1 heterocycles. The largest absolute Gasteiger partial charge is 0.349 e. The van der Waals surface area contributed by atoms with Crippen LogP contribution in [0.4, 0.5) is 0 Å². The molecule has 0 radical (unpaired) electrons. The fraction of sp³-hybridized carbons (Fsp3) is 0.474. The second-order valence-corrected chi connectivity index (χ2v) is 6.51. The zero-order valence-electron chi connectivity index (χ0n) is 14.2. The van der Waals surface area contributed by atoms with Gasteiger partial charge in [0.25, 0.3) is 5.91 Å². The number of hydrogen-bond donors (Lipinski definition) is 2. The third kappa shape index (κ3) is 3.51. The van der Waals surface area contributed by atoms with Crippen molar-refractivity contribution in [3.05, 3.63) is 53.3 Å². The number of hydrogen-bond acceptors (Lipinski definition) is 3. The molecule has 1 aromatic heterocycles. The molecule has 3 rings (SSSR count). The average Bonchev–Trinajstić information content (AvgIpc) is 3.22. The van der Waals surface area contributed by atoms with Gasteiger partial charge in [0.05, 0.1) is 24.0 Å². The van der Waals surface area contributed by atoms with Crippen molar-refractivity contribution >= 4 is 5.91 Å². The summed E-state index contributed by atoms with van der Waals surface area (Å²) in [6, 6.07) is 10.4. The number of nitrogens with zero attached hydrogens (tertiary/aromatic N) is 2. The van der Waals surface area contributed by atoms with Gasteiger partial charge in [-0.05, 0) is 37.3 Å². The monoisotopic (exact) mass is 326 g/mol. The topological polar surface area (TPSA) is 72.9 Å². The highest BCUT2D eigenvalue weighted by molar-refractivity contribution is 5.95. The van der Waals surface area contributed by atoms with E-state index < -0.39 is 0 Å². The number of carbonyl (C=O) groups is 1. The van der Waals surface area contributed by atoms with Crippen LogP contribution >= 0.6 is 0 Å². The third-order valence-corrected chi connectivity index (χ3v) is 4.98. The van der Waals surface area contributed by atoms with Gasteiger partial charge in [0.2, 0.25) is 0 Å². The molecule has 1 saturated carbocycles. The summed E-state index contributed by atoms with van der Waals surface area (Å²) in [5.41, 5.74) is 8.67. The molecule has 0 aliphatic heterocycles. The number of nitrogens with two attached hydrogens (primary N) is 1. The van der Waals surface area contributed by atoms with E-state index in [4.69, 9.17) is 5.73 Å². The SMILES string of the molecule is CCc1c(C(=O)NC2CCCC2CN)cnn1Cc1ccccc1. The molecule has 1 aliphatic rings. The van der Waals surface area contributed by atoms with Gasteiger partial charge in [-0.3, -0.25) is 9.48 Å². The zero-order chi connectivity index (χ0) is 16.9. The predicted molar refractivity (Wildman–Crippen MR) is 94.8 cm³/mol. The molecule has 1 fully saturated rings. The summed E-state index contributed by atoms with van der Waals surface area (Å²) in [7, 11) is 0. The molecule has 0 saturated heterocycles. The van der Waals surface area contributed by atoms with Crippen LogP contribution in [0.3, 0.4) is 0 Å². The molecule has 1 aromatic carbocycles. The molecule has 3 N–H and O–H groups in total. The first kappa shape index (κ1) is 16.7. The highest BCUT2D eigenvalue weighted by atomic mass is 16.1. The fourth-order valence-electron chi connectivity index (χ4n) is 3.62. The van der Waals surface area contributed by atoms with Gasteiger partial charge in [-0.25, -0.2) is 0 Å². The maximum atomic E-state index is 12.7. The molecule has 0 spiro atoms. The highest BCUT2D eigenvalue weighted by Crippen LogP contribution is 2.25. The Kier molecular flexibility index (Phi) is 5.30. The van der Waals surface area contributed by atoms with Gasteiger partial charge < -0.3 is 11.1 Å². The van der Waals surface area contributed by atoms with Crippen LogP contribution in [-0.4, -0.2) is 28.3 Å². The second kappa shape index (κ2) is 7.62. The summed E-state index contributed by atoms with van der Waals surface area (Å²) in [5.74, 6) is 0.384. The number of aromatic nitrogens is 2. The van der Waals surface area contributed by atoms with Crippen molar-refractivity contribution in [3.63, 3.8) is 0 Å². The van der Waals surface area contributed by atoms with Crippen LogP contribution in [0.5, 0.6) is 0 Å². The maximum absolute atomic E-state index is 12.7. The van der Waals surface area contributed by atoms with Crippen LogP contribution in [0.25, 0.3) is 0 Å². The Hall–Kier alpha value is -2.14. The molecule has 5 heteroatoms. The van der Waals surface area contributed by atoms with E-state index in [9.17, 15) is 4.79 Å². The van der Waals surface area contributed by atoms with Crippen molar-refractivity contribution < 1.29 is 4.79 Å². The minimum absolute atomic E-state index is 0.0171. The lowest BCUT2D eigenvalue weighted by Crippen LogP contribution is -2.40. The van der Waals surface area contributed by atoms with Crippen LogP contribution in [-0.2, 0) is 13.0 Å². The Balaban J connectivity index is 1.75. The van der Waals surface area contributed by atoms with Crippen LogP contribution in [0, 0.1) is 5.92 Å². The lowest BCUT2D eigenvalue weighted by Gasteiger charge is -2.19. The van der Waals surface area contributed by atoms with E-state index in [0.29, 0.717) is 24.6 Å². The van der Waals surface area contributed by atoms with Gasteiger partial charge in [-0.15, -0.1) is 0 Å². The van der Waals surface area contributed by atoms with E-state index in [1.807, 2.05) is 22.9 Å². The van der Waals surface area contributed by atoms with E-state index in [-0.39, 0.29) is 11.9 Å². The summed E-state index contributed by atoms with van der Waals surface area (Å²) < 4.78 is 1.93. The molecular formula is C19H26N4O. The van der Waals surface area contributed by atoms with Crippen molar-refractivity contribution in [2.24, 2.45) is 11.7 Å². The van der Waals surface area contributed by atoms with Crippen LogP contribution in [0.2, 0.25) is 0 Å². The number of nitrogens with one attached hydrogen (secondary N) is 1. The summed E-state index contributed by atoms with van der Waals surface area (Å²) in [6.45, 7) is 3.39. The minimum Gasteiger partial charge on any atom is -0.349 e. The molecule has 24 heavy (non-hydrogen) atoms. The lowest BCUT2D eigenvalue weighted by molar-refractivity contribution is 0.0927. The Labute approximate surface area is 143 Å². The smallest absolute Gasteiger partial charge is 0.254 e. The molecule has 1 aliphatic carbocycles. The van der Waals surface area contributed by atoms with E-state index in [2.05, 4.69) is 29.5 Å². The third-order valence-electron chi connectivity index (χ3n) is 4.98. The van der Waals surface area contributed by atoms with Crippen LogP contribution < -0.4 is 11.1 Å². The molecule has 2 unspecified atom stereocenters. The predicted octanol–water partition coefficient (Wildman–Crippen LogP) is 2.35. The summed E-state index contributed by atoms with van der Waals surface area (Å²) in [4.78, 5) is 12.7. The Morgan fingerprint density at radius 2 is 2.12 bits per heavy atom.